The quantitative estimate of drug-likeness (QED) is 0.798. The van der Waals surface area contributed by atoms with Gasteiger partial charge in [-0.2, -0.15) is 0 Å². The van der Waals surface area contributed by atoms with E-state index in [9.17, 15) is 5.11 Å². The standard InChI is InChI=1S/C17H17NO3/c1-20-14-8-7-13(16(10-14)21-2)11-18-15-6-4-3-5-12(15)9-17(18)19/h3-10,19H,11H2,1-2H3. The second kappa shape index (κ2) is 5.40. The molecule has 0 amide bonds. The summed E-state index contributed by atoms with van der Waals surface area (Å²) in [5.74, 6) is 1.73. The van der Waals surface area contributed by atoms with Crippen LogP contribution in [0, 0.1) is 0 Å². The number of hydrogen-bond donors (Lipinski definition) is 1. The molecule has 0 radical (unpaired) electrons. The Kier molecular flexibility index (Phi) is 3.44. The Hall–Kier alpha value is -2.62. The second-order valence-electron chi connectivity index (χ2n) is 4.83. The molecule has 4 heteroatoms. The lowest BCUT2D eigenvalue weighted by Crippen LogP contribution is -2.01. The zero-order valence-corrected chi connectivity index (χ0v) is 12.0. The fraction of sp³-hybridized carbons (Fsp3) is 0.176. The van der Waals surface area contributed by atoms with Crippen molar-refractivity contribution in [2.24, 2.45) is 0 Å². The molecule has 0 fully saturated rings. The van der Waals surface area contributed by atoms with Crippen molar-refractivity contribution in [1.29, 1.82) is 0 Å². The molecule has 0 unspecified atom stereocenters. The van der Waals surface area contributed by atoms with Gasteiger partial charge in [-0.15, -0.1) is 0 Å². The summed E-state index contributed by atoms with van der Waals surface area (Å²) in [4.78, 5) is 0. The molecule has 1 N–H and O–H groups in total. The molecule has 1 aromatic heterocycles. The average Bonchev–Trinajstić information content (AvgIpc) is 2.83. The topological polar surface area (TPSA) is 43.6 Å². The fourth-order valence-corrected chi connectivity index (χ4v) is 2.51. The zero-order chi connectivity index (χ0) is 14.8. The van der Waals surface area contributed by atoms with Gasteiger partial charge in [0.25, 0.3) is 0 Å². The van der Waals surface area contributed by atoms with Gasteiger partial charge in [0.1, 0.15) is 11.5 Å². The van der Waals surface area contributed by atoms with E-state index in [1.807, 2.05) is 47.0 Å². The van der Waals surface area contributed by atoms with Crippen molar-refractivity contribution in [3.8, 4) is 17.4 Å². The van der Waals surface area contributed by atoms with E-state index in [0.29, 0.717) is 6.54 Å². The molecule has 0 aliphatic rings. The van der Waals surface area contributed by atoms with Crippen LogP contribution in [0.25, 0.3) is 10.9 Å². The Morgan fingerprint density at radius 2 is 1.81 bits per heavy atom. The van der Waals surface area contributed by atoms with Crippen molar-refractivity contribution < 1.29 is 14.6 Å². The molecule has 3 rings (SSSR count). The van der Waals surface area contributed by atoms with E-state index < -0.39 is 0 Å². The highest BCUT2D eigenvalue weighted by molar-refractivity contribution is 5.82. The highest BCUT2D eigenvalue weighted by atomic mass is 16.5. The van der Waals surface area contributed by atoms with Crippen LogP contribution in [-0.2, 0) is 6.54 Å². The van der Waals surface area contributed by atoms with E-state index in [2.05, 4.69) is 0 Å². The highest BCUT2D eigenvalue weighted by Gasteiger charge is 2.11. The van der Waals surface area contributed by atoms with Gasteiger partial charge in [0.05, 0.1) is 26.3 Å². The lowest BCUT2D eigenvalue weighted by molar-refractivity contribution is 0.388. The summed E-state index contributed by atoms with van der Waals surface area (Å²) in [6.45, 7) is 0.534. The minimum atomic E-state index is 0.245. The van der Waals surface area contributed by atoms with Crippen LogP contribution >= 0.6 is 0 Å². The van der Waals surface area contributed by atoms with Crippen molar-refractivity contribution in [2.45, 2.75) is 6.54 Å². The first-order valence-electron chi connectivity index (χ1n) is 6.71. The van der Waals surface area contributed by atoms with E-state index in [-0.39, 0.29) is 5.88 Å². The first kappa shape index (κ1) is 13.4. The third-order valence-electron chi connectivity index (χ3n) is 3.61. The number of fused-ring (bicyclic) bond motifs is 1. The molecule has 0 bridgehead atoms. The molecule has 3 aromatic rings. The minimum Gasteiger partial charge on any atom is -0.497 e. The van der Waals surface area contributed by atoms with Gasteiger partial charge in [0.15, 0.2) is 5.88 Å². The number of rotatable bonds is 4. The monoisotopic (exact) mass is 283 g/mol. The molecule has 0 atom stereocenters. The Labute approximate surface area is 123 Å². The van der Waals surface area contributed by atoms with Crippen molar-refractivity contribution in [2.75, 3.05) is 14.2 Å². The number of aromatic hydroxyl groups is 1. The Morgan fingerprint density at radius 3 is 2.57 bits per heavy atom. The molecule has 108 valence electrons. The van der Waals surface area contributed by atoms with Crippen molar-refractivity contribution in [3.05, 3.63) is 54.1 Å². The Bertz CT molecular complexity index is 777. The Balaban J connectivity index is 2.04. The number of nitrogens with zero attached hydrogens (tertiary/aromatic N) is 1. The van der Waals surface area contributed by atoms with Crippen LogP contribution in [-0.4, -0.2) is 23.9 Å². The van der Waals surface area contributed by atoms with Gasteiger partial charge in [0, 0.05) is 23.1 Å². The summed E-state index contributed by atoms with van der Waals surface area (Å²) in [5, 5.41) is 11.2. The summed E-state index contributed by atoms with van der Waals surface area (Å²) in [6, 6.07) is 15.3. The molecule has 0 spiro atoms. The molecule has 0 aliphatic carbocycles. The summed E-state index contributed by atoms with van der Waals surface area (Å²) in [5.41, 5.74) is 1.97. The predicted octanol–water partition coefficient (Wildman–Crippen LogP) is 3.41. The third-order valence-corrected chi connectivity index (χ3v) is 3.61. The zero-order valence-electron chi connectivity index (χ0n) is 12.0. The number of aromatic nitrogens is 1. The van der Waals surface area contributed by atoms with Crippen LogP contribution < -0.4 is 9.47 Å². The van der Waals surface area contributed by atoms with Crippen molar-refractivity contribution >= 4 is 10.9 Å². The van der Waals surface area contributed by atoms with E-state index in [0.717, 1.165) is 28.0 Å². The van der Waals surface area contributed by atoms with Gasteiger partial charge in [-0.05, 0) is 18.2 Å². The normalized spacial score (nSPS) is 10.8. The maximum absolute atomic E-state index is 10.2. The number of methoxy groups -OCH3 is 2. The van der Waals surface area contributed by atoms with E-state index >= 15 is 0 Å². The summed E-state index contributed by atoms with van der Waals surface area (Å²) in [7, 11) is 3.26. The first-order valence-corrected chi connectivity index (χ1v) is 6.71. The molecule has 0 saturated carbocycles. The number of benzene rings is 2. The largest absolute Gasteiger partial charge is 0.497 e. The van der Waals surface area contributed by atoms with Crippen LogP contribution in [0.4, 0.5) is 0 Å². The van der Waals surface area contributed by atoms with E-state index in [4.69, 9.17) is 9.47 Å². The van der Waals surface area contributed by atoms with Gasteiger partial charge < -0.3 is 19.1 Å². The number of para-hydroxylation sites is 1. The van der Waals surface area contributed by atoms with Crippen LogP contribution in [0.1, 0.15) is 5.56 Å². The van der Waals surface area contributed by atoms with Crippen LogP contribution in [0.2, 0.25) is 0 Å². The third kappa shape index (κ3) is 2.40. The highest BCUT2D eigenvalue weighted by Crippen LogP contribution is 2.30. The maximum Gasteiger partial charge on any atom is 0.192 e. The molecule has 4 nitrogen and oxygen atoms in total. The lowest BCUT2D eigenvalue weighted by atomic mass is 10.2. The number of hydrogen-bond acceptors (Lipinski definition) is 3. The SMILES string of the molecule is COc1ccc(Cn2c(O)cc3ccccc32)c(OC)c1. The summed E-state index contributed by atoms with van der Waals surface area (Å²) in [6.07, 6.45) is 0. The average molecular weight is 283 g/mol. The van der Waals surface area contributed by atoms with Gasteiger partial charge in [0.2, 0.25) is 0 Å². The lowest BCUT2D eigenvalue weighted by Gasteiger charge is -2.12. The fourth-order valence-electron chi connectivity index (χ4n) is 2.51. The van der Waals surface area contributed by atoms with Gasteiger partial charge >= 0.3 is 0 Å². The molecular formula is C17H17NO3. The predicted molar refractivity (Wildman–Crippen MR) is 82.3 cm³/mol. The van der Waals surface area contributed by atoms with Crippen LogP contribution in [0.15, 0.2) is 48.5 Å². The minimum absolute atomic E-state index is 0.245. The van der Waals surface area contributed by atoms with Gasteiger partial charge in [-0.1, -0.05) is 18.2 Å². The molecule has 2 aromatic carbocycles. The van der Waals surface area contributed by atoms with E-state index in [1.165, 1.54) is 0 Å². The van der Waals surface area contributed by atoms with E-state index in [1.54, 1.807) is 20.3 Å². The molecule has 21 heavy (non-hydrogen) atoms. The maximum atomic E-state index is 10.2. The second-order valence-corrected chi connectivity index (χ2v) is 4.83. The first-order chi connectivity index (χ1) is 10.2. The van der Waals surface area contributed by atoms with Crippen molar-refractivity contribution in [1.82, 2.24) is 4.57 Å². The molecule has 1 heterocycles. The van der Waals surface area contributed by atoms with Crippen LogP contribution in [0.5, 0.6) is 17.4 Å². The van der Waals surface area contributed by atoms with Gasteiger partial charge in [-0.3, -0.25) is 0 Å². The van der Waals surface area contributed by atoms with Crippen LogP contribution in [0.3, 0.4) is 0 Å². The summed E-state index contributed by atoms with van der Waals surface area (Å²) >= 11 is 0. The smallest absolute Gasteiger partial charge is 0.192 e. The Morgan fingerprint density at radius 1 is 1.00 bits per heavy atom. The molecule has 0 saturated heterocycles. The number of ether oxygens (including phenoxy) is 2. The molecular weight excluding hydrogens is 266 g/mol. The molecule has 0 aliphatic heterocycles. The summed E-state index contributed by atoms with van der Waals surface area (Å²) < 4.78 is 12.5. The van der Waals surface area contributed by atoms with Gasteiger partial charge in [-0.25, -0.2) is 0 Å². The van der Waals surface area contributed by atoms with Crippen molar-refractivity contribution in [3.63, 3.8) is 0 Å².